The van der Waals surface area contributed by atoms with Crippen LogP contribution in [-0.4, -0.2) is 45.3 Å². The van der Waals surface area contributed by atoms with E-state index in [-0.39, 0.29) is 12.4 Å². The van der Waals surface area contributed by atoms with Crippen molar-refractivity contribution in [1.82, 2.24) is 20.2 Å². The molecule has 9 heteroatoms. The van der Waals surface area contributed by atoms with E-state index in [0.717, 1.165) is 5.56 Å². The molecule has 0 aliphatic carbocycles. The molecule has 1 aromatic heterocycles. The van der Waals surface area contributed by atoms with Crippen molar-refractivity contribution in [3.8, 4) is 0 Å². The molecule has 0 saturated carbocycles. The van der Waals surface area contributed by atoms with Crippen LogP contribution in [0.4, 0.5) is 4.39 Å². The van der Waals surface area contributed by atoms with Crippen molar-refractivity contribution in [1.29, 1.82) is 0 Å². The summed E-state index contributed by atoms with van der Waals surface area (Å²) >= 11 is 0. The van der Waals surface area contributed by atoms with Crippen LogP contribution in [0, 0.1) is 5.82 Å². The van der Waals surface area contributed by atoms with E-state index >= 15 is 0 Å². The predicted molar refractivity (Wildman–Crippen MR) is 96.8 cm³/mol. The molecular formula is C18H17FN6O2. The largest absolute Gasteiger partial charge is 0.399 e. The topological polar surface area (TPSA) is 86.8 Å². The third-order valence-corrected chi connectivity index (χ3v) is 3.60. The molecule has 0 unspecified atom stereocenters. The zero-order chi connectivity index (χ0) is 19.1. The molecule has 27 heavy (non-hydrogen) atoms. The van der Waals surface area contributed by atoms with Crippen LogP contribution in [-0.2, 0) is 16.7 Å². The molecule has 0 radical (unpaired) electrons. The summed E-state index contributed by atoms with van der Waals surface area (Å²) in [6, 6.07) is 15.4. The van der Waals surface area contributed by atoms with Crippen molar-refractivity contribution in [2.45, 2.75) is 0 Å². The van der Waals surface area contributed by atoms with Gasteiger partial charge in [-0.15, -0.1) is 5.10 Å². The van der Waals surface area contributed by atoms with Gasteiger partial charge in [0, 0.05) is 18.2 Å². The van der Waals surface area contributed by atoms with E-state index in [1.54, 1.807) is 19.2 Å². The molecule has 0 fully saturated rings. The minimum Gasteiger partial charge on any atom is -0.399 e. The van der Waals surface area contributed by atoms with E-state index in [4.69, 9.17) is 9.68 Å². The van der Waals surface area contributed by atoms with E-state index in [9.17, 15) is 4.39 Å². The number of aromatic nitrogens is 4. The Bertz CT molecular complexity index is 955. The monoisotopic (exact) mass is 368 g/mol. The zero-order valence-electron chi connectivity index (χ0n) is 14.8. The number of tetrazole rings is 1. The molecular weight excluding hydrogens is 351 g/mol. The van der Waals surface area contributed by atoms with E-state index < -0.39 is 0 Å². The summed E-state index contributed by atoms with van der Waals surface area (Å²) in [5.74, 6) is 0.0622. The van der Waals surface area contributed by atoms with Gasteiger partial charge in [-0.2, -0.15) is 0 Å². The van der Waals surface area contributed by atoms with Gasteiger partial charge in [-0.25, -0.2) is 9.07 Å². The molecule has 0 N–H and O–H groups in total. The standard InChI is InChI=1S/C18H17FN6O2/c1-25-18(20-23-24-25)17(13-7-4-3-5-8-13)22-27-12-16(21-26-2)14-9-6-10-15(19)11-14/h3-11H,12H2,1-2H3/b21-16-,22-17?. The van der Waals surface area contributed by atoms with Gasteiger partial charge >= 0.3 is 0 Å². The maximum absolute atomic E-state index is 13.5. The fourth-order valence-electron chi connectivity index (χ4n) is 2.35. The van der Waals surface area contributed by atoms with Crippen molar-refractivity contribution in [2.24, 2.45) is 17.4 Å². The van der Waals surface area contributed by atoms with Gasteiger partial charge in [0.25, 0.3) is 0 Å². The minimum absolute atomic E-state index is 0.0289. The number of rotatable bonds is 7. The summed E-state index contributed by atoms with van der Waals surface area (Å²) in [6.45, 7) is -0.0289. The molecule has 0 aliphatic rings. The molecule has 3 rings (SSSR count). The number of oxime groups is 2. The molecule has 0 spiro atoms. The second-order valence-electron chi connectivity index (χ2n) is 5.44. The first-order valence-electron chi connectivity index (χ1n) is 8.03. The van der Waals surface area contributed by atoms with Crippen molar-refractivity contribution in [2.75, 3.05) is 13.7 Å². The maximum Gasteiger partial charge on any atom is 0.204 e. The van der Waals surface area contributed by atoms with Crippen LogP contribution in [0.25, 0.3) is 0 Å². The lowest BCUT2D eigenvalue weighted by Crippen LogP contribution is -2.14. The Hall–Kier alpha value is -3.62. The van der Waals surface area contributed by atoms with E-state index in [1.165, 1.54) is 23.9 Å². The van der Waals surface area contributed by atoms with Crippen molar-refractivity contribution < 1.29 is 14.1 Å². The van der Waals surface area contributed by atoms with E-state index in [0.29, 0.717) is 22.8 Å². The molecule has 1 heterocycles. The lowest BCUT2D eigenvalue weighted by Gasteiger charge is -2.08. The van der Waals surface area contributed by atoms with Gasteiger partial charge in [-0.1, -0.05) is 52.8 Å². The van der Waals surface area contributed by atoms with Gasteiger partial charge in [-0.3, -0.25) is 0 Å². The molecule has 0 aliphatic heterocycles. The molecule has 3 aromatic rings. The Kier molecular flexibility index (Phi) is 5.83. The Morgan fingerprint density at radius 3 is 2.52 bits per heavy atom. The minimum atomic E-state index is -0.380. The van der Waals surface area contributed by atoms with Crippen LogP contribution in [0.1, 0.15) is 17.0 Å². The molecule has 2 aromatic carbocycles. The van der Waals surface area contributed by atoms with E-state index in [1.807, 2.05) is 30.3 Å². The third kappa shape index (κ3) is 4.51. The first-order chi connectivity index (χ1) is 13.2. The number of halogens is 1. The Morgan fingerprint density at radius 2 is 1.85 bits per heavy atom. The van der Waals surface area contributed by atoms with Gasteiger partial charge in [0.2, 0.25) is 5.82 Å². The molecule has 0 amide bonds. The molecule has 8 nitrogen and oxygen atoms in total. The van der Waals surface area contributed by atoms with Crippen LogP contribution in [0.15, 0.2) is 64.9 Å². The van der Waals surface area contributed by atoms with Crippen molar-refractivity contribution in [3.05, 3.63) is 77.4 Å². The van der Waals surface area contributed by atoms with Gasteiger partial charge in [0.15, 0.2) is 12.3 Å². The fourth-order valence-corrected chi connectivity index (χ4v) is 2.35. The molecule has 0 atom stereocenters. The summed E-state index contributed by atoms with van der Waals surface area (Å²) in [5.41, 5.74) is 2.17. The van der Waals surface area contributed by atoms with Crippen molar-refractivity contribution in [3.63, 3.8) is 0 Å². The molecule has 0 bridgehead atoms. The lowest BCUT2D eigenvalue weighted by molar-refractivity contribution is 0.173. The van der Waals surface area contributed by atoms with E-state index in [2.05, 4.69) is 25.8 Å². The number of nitrogens with zero attached hydrogens (tertiary/aromatic N) is 6. The van der Waals surface area contributed by atoms with Crippen LogP contribution < -0.4 is 0 Å². The van der Waals surface area contributed by atoms with Crippen LogP contribution in [0.2, 0.25) is 0 Å². The lowest BCUT2D eigenvalue weighted by atomic mass is 10.1. The maximum atomic E-state index is 13.5. The highest BCUT2D eigenvalue weighted by Gasteiger charge is 2.15. The van der Waals surface area contributed by atoms with Gasteiger partial charge in [0.05, 0.1) is 0 Å². The second-order valence-corrected chi connectivity index (χ2v) is 5.44. The zero-order valence-corrected chi connectivity index (χ0v) is 14.8. The summed E-state index contributed by atoms with van der Waals surface area (Å²) < 4.78 is 15.0. The first kappa shape index (κ1) is 18.2. The average molecular weight is 368 g/mol. The quantitative estimate of drug-likeness (QED) is 0.471. The highest BCUT2D eigenvalue weighted by Crippen LogP contribution is 2.10. The normalized spacial score (nSPS) is 12.1. The Balaban J connectivity index is 1.86. The number of hydrogen-bond donors (Lipinski definition) is 0. The third-order valence-electron chi connectivity index (χ3n) is 3.60. The summed E-state index contributed by atoms with van der Waals surface area (Å²) in [7, 11) is 3.11. The first-order valence-corrected chi connectivity index (χ1v) is 8.03. The highest BCUT2D eigenvalue weighted by molar-refractivity contribution is 6.10. The molecule has 0 saturated heterocycles. The number of benzene rings is 2. The average Bonchev–Trinajstić information content (AvgIpc) is 3.10. The van der Waals surface area contributed by atoms with Crippen LogP contribution >= 0.6 is 0 Å². The smallest absolute Gasteiger partial charge is 0.204 e. The number of hydrogen-bond acceptors (Lipinski definition) is 7. The van der Waals surface area contributed by atoms with Crippen molar-refractivity contribution >= 4 is 11.4 Å². The van der Waals surface area contributed by atoms with Gasteiger partial charge < -0.3 is 9.68 Å². The second kappa shape index (κ2) is 8.65. The Morgan fingerprint density at radius 1 is 1.07 bits per heavy atom. The van der Waals surface area contributed by atoms with Crippen LogP contribution in [0.5, 0.6) is 0 Å². The molecule has 138 valence electrons. The SMILES string of the molecule is CO/N=C(/CON=C(c1ccccc1)c1nnnn1C)c1cccc(F)c1. The summed E-state index contributed by atoms with van der Waals surface area (Å²) in [5, 5.41) is 19.5. The van der Waals surface area contributed by atoms with Gasteiger partial charge in [-0.05, 0) is 22.6 Å². The predicted octanol–water partition coefficient (Wildman–Crippen LogP) is 2.17. The van der Waals surface area contributed by atoms with Crippen LogP contribution in [0.3, 0.4) is 0 Å². The summed E-state index contributed by atoms with van der Waals surface area (Å²) in [6.07, 6.45) is 0. The number of aryl methyl sites for hydroxylation is 1. The Labute approximate surface area is 154 Å². The fraction of sp³-hybridized carbons (Fsp3) is 0.167. The van der Waals surface area contributed by atoms with Gasteiger partial charge in [0.1, 0.15) is 18.6 Å². The summed E-state index contributed by atoms with van der Waals surface area (Å²) in [4.78, 5) is 10.3. The highest BCUT2D eigenvalue weighted by atomic mass is 19.1.